The Hall–Kier alpha value is -1.59. The van der Waals surface area contributed by atoms with Gasteiger partial charge in [0, 0.05) is 24.8 Å². The SMILES string of the molecule is CC(C)Nc1ccccc1C(=O)N1CCOC(CO)C1. The number of aliphatic hydroxyl groups is 1. The Kier molecular flexibility index (Phi) is 4.98. The van der Waals surface area contributed by atoms with Crippen LogP contribution in [0.15, 0.2) is 24.3 Å². The maximum absolute atomic E-state index is 12.6. The zero-order valence-corrected chi connectivity index (χ0v) is 12.0. The number of amides is 1. The lowest BCUT2D eigenvalue weighted by molar-refractivity contribution is -0.0447. The largest absolute Gasteiger partial charge is 0.394 e. The molecule has 0 aromatic heterocycles. The highest BCUT2D eigenvalue weighted by Gasteiger charge is 2.25. The van der Waals surface area contributed by atoms with Gasteiger partial charge in [0.2, 0.25) is 0 Å². The van der Waals surface area contributed by atoms with E-state index in [0.717, 1.165) is 5.69 Å². The van der Waals surface area contributed by atoms with Crippen LogP contribution in [-0.4, -0.2) is 54.4 Å². The van der Waals surface area contributed by atoms with Crippen molar-refractivity contribution in [2.24, 2.45) is 0 Å². The lowest BCUT2D eigenvalue weighted by Crippen LogP contribution is -2.47. The molecule has 0 bridgehead atoms. The van der Waals surface area contributed by atoms with E-state index in [9.17, 15) is 4.79 Å². The number of aliphatic hydroxyl groups excluding tert-OH is 1. The summed E-state index contributed by atoms with van der Waals surface area (Å²) >= 11 is 0. The number of anilines is 1. The van der Waals surface area contributed by atoms with Gasteiger partial charge in [0.05, 0.1) is 24.9 Å². The van der Waals surface area contributed by atoms with Crippen LogP contribution < -0.4 is 5.32 Å². The molecule has 1 amide bonds. The molecule has 2 N–H and O–H groups in total. The zero-order valence-electron chi connectivity index (χ0n) is 12.0. The fraction of sp³-hybridized carbons (Fsp3) is 0.533. The van der Waals surface area contributed by atoms with Gasteiger partial charge in [-0.2, -0.15) is 0 Å². The molecule has 1 fully saturated rings. The second kappa shape index (κ2) is 6.72. The molecule has 1 heterocycles. The minimum atomic E-state index is -0.280. The summed E-state index contributed by atoms with van der Waals surface area (Å²) in [5.41, 5.74) is 1.51. The van der Waals surface area contributed by atoms with E-state index < -0.39 is 0 Å². The molecule has 20 heavy (non-hydrogen) atoms. The van der Waals surface area contributed by atoms with Crippen LogP contribution in [0.2, 0.25) is 0 Å². The van der Waals surface area contributed by atoms with Crippen LogP contribution >= 0.6 is 0 Å². The molecular weight excluding hydrogens is 256 g/mol. The van der Waals surface area contributed by atoms with E-state index in [2.05, 4.69) is 5.32 Å². The molecule has 1 aliphatic rings. The van der Waals surface area contributed by atoms with E-state index in [1.807, 2.05) is 38.1 Å². The van der Waals surface area contributed by atoms with E-state index in [0.29, 0.717) is 25.3 Å². The van der Waals surface area contributed by atoms with Gasteiger partial charge in [0.25, 0.3) is 5.91 Å². The molecule has 1 aromatic rings. The number of rotatable bonds is 4. The summed E-state index contributed by atoms with van der Waals surface area (Å²) < 4.78 is 5.38. The molecule has 0 aliphatic carbocycles. The predicted molar refractivity (Wildman–Crippen MR) is 77.9 cm³/mol. The first-order chi connectivity index (χ1) is 9.61. The highest BCUT2D eigenvalue weighted by atomic mass is 16.5. The van der Waals surface area contributed by atoms with Crippen LogP contribution in [0.25, 0.3) is 0 Å². The molecule has 0 saturated carbocycles. The number of nitrogens with one attached hydrogen (secondary N) is 1. The van der Waals surface area contributed by atoms with Crippen molar-refractivity contribution in [1.82, 2.24) is 4.90 Å². The first kappa shape index (κ1) is 14.8. The Morgan fingerprint density at radius 3 is 2.95 bits per heavy atom. The van der Waals surface area contributed by atoms with Crippen molar-refractivity contribution in [3.05, 3.63) is 29.8 Å². The number of para-hydroxylation sites is 1. The van der Waals surface area contributed by atoms with Crippen molar-refractivity contribution in [2.45, 2.75) is 26.0 Å². The average Bonchev–Trinajstić information content (AvgIpc) is 2.46. The van der Waals surface area contributed by atoms with Crippen molar-refractivity contribution in [1.29, 1.82) is 0 Å². The summed E-state index contributed by atoms with van der Waals surface area (Å²) in [7, 11) is 0. The molecule has 1 unspecified atom stereocenters. The normalized spacial score (nSPS) is 19.2. The first-order valence-corrected chi connectivity index (χ1v) is 6.99. The maximum atomic E-state index is 12.6. The van der Waals surface area contributed by atoms with Crippen LogP contribution in [0.3, 0.4) is 0 Å². The van der Waals surface area contributed by atoms with Crippen LogP contribution in [0.5, 0.6) is 0 Å². The second-order valence-electron chi connectivity index (χ2n) is 5.27. The van der Waals surface area contributed by atoms with E-state index in [1.165, 1.54) is 0 Å². The van der Waals surface area contributed by atoms with Crippen molar-refractivity contribution < 1.29 is 14.6 Å². The number of carbonyl (C=O) groups is 1. The molecule has 1 atom stereocenters. The third-order valence-corrected chi connectivity index (χ3v) is 3.23. The summed E-state index contributed by atoms with van der Waals surface area (Å²) in [6.45, 7) is 5.48. The summed E-state index contributed by atoms with van der Waals surface area (Å²) in [6.07, 6.45) is -0.280. The smallest absolute Gasteiger partial charge is 0.256 e. The highest BCUT2D eigenvalue weighted by Crippen LogP contribution is 2.19. The molecule has 0 radical (unpaired) electrons. The number of nitrogens with zero attached hydrogens (tertiary/aromatic N) is 1. The Bertz CT molecular complexity index is 462. The van der Waals surface area contributed by atoms with E-state index in [-0.39, 0.29) is 24.7 Å². The molecule has 1 saturated heterocycles. The van der Waals surface area contributed by atoms with Crippen molar-refractivity contribution in [2.75, 3.05) is 31.6 Å². The highest BCUT2D eigenvalue weighted by molar-refractivity contribution is 5.99. The van der Waals surface area contributed by atoms with Gasteiger partial charge in [0.15, 0.2) is 0 Å². The van der Waals surface area contributed by atoms with E-state index >= 15 is 0 Å². The minimum absolute atomic E-state index is 0.0181. The molecule has 5 nitrogen and oxygen atoms in total. The molecule has 1 aliphatic heterocycles. The van der Waals surface area contributed by atoms with Gasteiger partial charge >= 0.3 is 0 Å². The molecule has 0 spiro atoms. The third kappa shape index (κ3) is 3.49. The Morgan fingerprint density at radius 1 is 1.50 bits per heavy atom. The maximum Gasteiger partial charge on any atom is 0.256 e. The number of morpholine rings is 1. The Morgan fingerprint density at radius 2 is 2.25 bits per heavy atom. The molecule has 5 heteroatoms. The van der Waals surface area contributed by atoms with E-state index in [1.54, 1.807) is 4.90 Å². The summed E-state index contributed by atoms with van der Waals surface area (Å²) in [5, 5.41) is 12.4. The summed E-state index contributed by atoms with van der Waals surface area (Å²) in [4.78, 5) is 14.4. The summed E-state index contributed by atoms with van der Waals surface area (Å²) in [6, 6.07) is 7.78. The lowest BCUT2D eigenvalue weighted by atomic mass is 10.1. The second-order valence-corrected chi connectivity index (χ2v) is 5.27. The van der Waals surface area contributed by atoms with Crippen LogP contribution in [0, 0.1) is 0 Å². The Labute approximate surface area is 119 Å². The molecule has 2 rings (SSSR count). The van der Waals surface area contributed by atoms with Gasteiger partial charge in [-0.25, -0.2) is 0 Å². The van der Waals surface area contributed by atoms with Gasteiger partial charge < -0.3 is 20.1 Å². The van der Waals surface area contributed by atoms with Crippen molar-refractivity contribution in [3.8, 4) is 0 Å². The number of benzene rings is 1. The Balaban J connectivity index is 2.16. The van der Waals surface area contributed by atoms with Crippen molar-refractivity contribution >= 4 is 11.6 Å². The van der Waals surface area contributed by atoms with Crippen LogP contribution in [0.1, 0.15) is 24.2 Å². The molecule has 110 valence electrons. The van der Waals surface area contributed by atoms with Gasteiger partial charge in [-0.1, -0.05) is 12.1 Å². The van der Waals surface area contributed by atoms with Crippen LogP contribution in [-0.2, 0) is 4.74 Å². The number of carbonyl (C=O) groups excluding carboxylic acids is 1. The number of hydrogen-bond donors (Lipinski definition) is 2. The standard InChI is InChI=1S/C15H22N2O3/c1-11(2)16-14-6-4-3-5-13(14)15(19)17-7-8-20-12(9-17)10-18/h3-6,11-12,16,18H,7-10H2,1-2H3. The fourth-order valence-corrected chi connectivity index (χ4v) is 2.29. The fourth-order valence-electron chi connectivity index (χ4n) is 2.29. The van der Waals surface area contributed by atoms with Gasteiger partial charge in [-0.15, -0.1) is 0 Å². The molecular formula is C15H22N2O3. The zero-order chi connectivity index (χ0) is 14.5. The number of ether oxygens (including phenoxy) is 1. The third-order valence-electron chi connectivity index (χ3n) is 3.23. The lowest BCUT2D eigenvalue weighted by Gasteiger charge is -2.32. The molecule has 1 aromatic carbocycles. The average molecular weight is 278 g/mol. The monoisotopic (exact) mass is 278 g/mol. The topological polar surface area (TPSA) is 61.8 Å². The van der Waals surface area contributed by atoms with Gasteiger partial charge in [0.1, 0.15) is 0 Å². The quantitative estimate of drug-likeness (QED) is 0.872. The minimum Gasteiger partial charge on any atom is -0.394 e. The predicted octanol–water partition coefficient (Wildman–Crippen LogP) is 1.34. The first-order valence-electron chi connectivity index (χ1n) is 6.99. The van der Waals surface area contributed by atoms with Gasteiger partial charge in [-0.05, 0) is 26.0 Å². The summed E-state index contributed by atoms with van der Waals surface area (Å²) in [5.74, 6) is -0.0181. The van der Waals surface area contributed by atoms with E-state index in [4.69, 9.17) is 9.84 Å². The van der Waals surface area contributed by atoms with Crippen LogP contribution in [0.4, 0.5) is 5.69 Å². The number of hydrogen-bond acceptors (Lipinski definition) is 4. The van der Waals surface area contributed by atoms with Crippen molar-refractivity contribution in [3.63, 3.8) is 0 Å². The van der Waals surface area contributed by atoms with Gasteiger partial charge in [-0.3, -0.25) is 4.79 Å².